The first kappa shape index (κ1) is 22.4. The molecular weight excluding hydrogens is 170 g/mol. The van der Waals surface area contributed by atoms with E-state index in [-0.39, 0.29) is 12.7 Å². The van der Waals surface area contributed by atoms with Gasteiger partial charge in [-0.2, -0.15) is 0 Å². The fourth-order valence-corrected chi connectivity index (χ4v) is 0. The van der Waals surface area contributed by atoms with Crippen LogP contribution in [0.3, 0.4) is 0 Å². The Hall–Kier alpha value is -1.65. The van der Waals surface area contributed by atoms with Gasteiger partial charge in [-0.05, 0) is 0 Å². The molecule has 0 bridgehead atoms. The van der Waals surface area contributed by atoms with Crippen molar-refractivity contribution in [3.05, 3.63) is 39.0 Å². The Morgan fingerprint density at radius 1 is 1.08 bits per heavy atom. The zero-order chi connectivity index (χ0) is 11.0. The van der Waals surface area contributed by atoms with Gasteiger partial charge in [-0.3, -0.25) is 0 Å². The molecule has 72 valence electrons. The summed E-state index contributed by atoms with van der Waals surface area (Å²) in [7, 11) is 0. The largest absolute Gasteiger partial charge is 0.503 e. The lowest BCUT2D eigenvalue weighted by Gasteiger charge is -1.60. The molecule has 0 fully saturated rings. The van der Waals surface area contributed by atoms with Gasteiger partial charge in [-0.1, -0.05) is 13.2 Å². The molecule has 0 aliphatic carbocycles. The highest BCUT2D eigenvalue weighted by Gasteiger charge is 1.70. The van der Waals surface area contributed by atoms with Gasteiger partial charge in [-0.15, -0.1) is 13.2 Å². The molecule has 0 aromatic carbocycles. The number of hydrogen-bond donors (Lipinski definition) is 2. The molecule has 0 rings (SSSR count). The highest BCUT2D eigenvalue weighted by atomic mass is 19.1. The molecule has 0 heterocycles. The highest BCUT2D eigenvalue weighted by Crippen LogP contribution is 1.48. The molecule has 0 aromatic rings. The van der Waals surface area contributed by atoms with Gasteiger partial charge >= 0.3 is 6.16 Å². The normalized spacial score (nSPS) is 4.50. The molecule has 0 amide bonds. The summed E-state index contributed by atoms with van der Waals surface area (Å²) >= 11 is 0. The van der Waals surface area contributed by atoms with E-state index in [1.54, 1.807) is 0 Å². The van der Waals surface area contributed by atoms with Crippen molar-refractivity contribution >= 4 is 6.16 Å². The first-order valence-corrected chi connectivity index (χ1v) is 2.40. The highest BCUT2D eigenvalue weighted by molar-refractivity contribution is 5.53. The predicted molar refractivity (Wildman–Crippen MR) is 44.5 cm³/mol. The average molecular weight is 182 g/mol. The minimum atomic E-state index is -1.83. The van der Waals surface area contributed by atoms with Crippen LogP contribution in [-0.2, 0) is 0 Å². The minimum Gasteiger partial charge on any atom is -0.450 e. The number of carbonyl (C=O) groups is 1. The minimum absolute atomic E-state index is 0.250. The van der Waals surface area contributed by atoms with Crippen molar-refractivity contribution in [2.45, 2.75) is 0 Å². The topological polar surface area (TPSA) is 57.5 Å². The van der Waals surface area contributed by atoms with E-state index >= 15 is 0 Å². The Labute approximate surface area is 70.0 Å². The molecule has 0 aliphatic rings. The summed E-state index contributed by atoms with van der Waals surface area (Å²) in [5, 5.41) is 13.9. The Balaban J connectivity index is -0.0000000368. The van der Waals surface area contributed by atoms with Gasteiger partial charge in [-0.25, -0.2) is 13.6 Å². The van der Waals surface area contributed by atoms with Crippen LogP contribution in [0.5, 0.6) is 0 Å². The third kappa shape index (κ3) is 166. The van der Waals surface area contributed by atoms with Crippen LogP contribution in [0.1, 0.15) is 0 Å². The third-order valence-corrected chi connectivity index (χ3v) is 0. The monoisotopic (exact) mass is 182 g/mol. The van der Waals surface area contributed by atoms with Gasteiger partial charge in [0.15, 0.2) is 0 Å². The smallest absolute Gasteiger partial charge is 0.450 e. The first-order chi connectivity index (χ1) is 5.56. The van der Waals surface area contributed by atoms with Gasteiger partial charge in [0.2, 0.25) is 0 Å². The van der Waals surface area contributed by atoms with Crippen LogP contribution in [0.2, 0.25) is 0 Å². The van der Waals surface area contributed by atoms with E-state index in [9.17, 15) is 8.78 Å². The van der Waals surface area contributed by atoms with Gasteiger partial charge in [0.05, 0.1) is 12.7 Å². The molecule has 0 aromatic heterocycles. The van der Waals surface area contributed by atoms with Crippen LogP contribution in [0.15, 0.2) is 39.0 Å². The second kappa shape index (κ2) is 58.1. The van der Waals surface area contributed by atoms with Crippen LogP contribution in [0.25, 0.3) is 0 Å². The van der Waals surface area contributed by atoms with Crippen molar-refractivity contribution in [2.75, 3.05) is 0 Å². The second-order valence-corrected chi connectivity index (χ2v) is 0.591. The SMILES string of the molecule is C=C.C=CF.C=CF.O=C(O)O. The van der Waals surface area contributed by atoms with E-state index in [1.165, 1.54) is 0 Å². The predicted octanol–water partition coefficient (Wildman–Crippen LogP) is 3.22. The molecule has 0 saturated heterocycles. The summed E-state index contributed by atoms with van der Waals surface area (Å²) < 4.78 is 20.1. The molecule has 12 heavy (non-hydrogen) atoms. The van der Waals surface area contributed by atoms with Crippen LogP contribution < -0.4 is 0 Å². The van der Waals surface area contributed by atoms with Gasteiger partial charge in [0, 0.05) is 0 Å². The van der Waals surface area contributed by atoms with Gasteiger partial charge in [0.1, 0.15) is 0 Å². The zero-order valence-corrected chi connectivity index (χ0v) is 6.54. The Kier molecular flexibility index (Phi) is 109. The number of carboxylic acid groups (broad SMARTS) is 2. The third-order valence-electron chi connectivity index (χ3n) is 0. The summed E-state index contributed by atoms with van der Waals surface area (Å²) in [6, 6.07) is 0. The van der Waals surface area contributed by atoms with Crippen molar-refractivity contribution in [1.29, 1.82) is 0 Å². The fourth-order valence-electron chi connectivity index (χ4n) is 0. The lowest BCUT2D eigenvalue weighted by molar-refractivity contribution is 0.137. The van der Waals surface area contributed by atoms with E-state index in [0.717, 1.165) is 0 Å². The lowest BCUT2D eigenvalue weighted by Crippen LogP contribution is -1.81. The van der Waals surface area contributed by atoms with E-state index in [1.807, 2.05) is 0 Å². The van der Waals surface area contributed by atoms with Crippen LogP contribution in [-0.4, -0.2) is 16.4 Å². The fraction of sp³-hybridized carbons (Fsp3) is 0. The van der Waals surface area contributed by atoms with Crippen LogP contribution in [0.4, 0.5) is 13.6 Å². The number of rotatable bonds is 0. The summed E-state index contributed by atoms with van der Waals surface area (Å²) in [5.41, 5.74) is 0. The average Bonchev–Trinajstić information content (AvgIpc) is 1.92. The van der Waals surface area contributed by atoms with Gasteiger partial charge in [0.25, 0.3) is 0 Å². The van der Waals surface area contributed by atoms with E-state index in [2.05, 4.69) is 26.3 Å². The number of hydrogen-bond acceptors (Lipinski definition) is 1. The van der Waals surface area contributed by atoms with Crippen molar-refractivity contribution in [3.8, 4) is 0 Å². The maximum atomic E-state index is 10.1. The van der Waals surface area contributed by atoms with E-state index in [4.69, 9.17) is 15.0 Å². The number of halogens is 2. The Morgan fingerprint density at radius 2 is 1.08 bits per heavy atom. The molecule has 0 aliphatic heterocycles. The standard InChI is InChI=1S/2C2H3F.C2H4.CH2O3/c2*1-2-3;1-2;2-1(3)4/h2*2H,1H2;1-2H2;(H2,2,3,4). The van der Waals surface area contributed by atoms with Crippen molar-refractivity contribution in [2.24, 2.45) is 0 Å². The molecule has 2 N–H and O–H groups in total. The van der Waals surface area contributed by atoms with Crippen LogP contribution in [0, 0.1) is 0 Å². The second-order valence-electron chi connectivity index (χ2n) is 0.591. The maximum Gasteiger partial charge on any atom is 0.503 e. The van der Waals surface area contributed by atoms with E-state index < -0.39 is 6.16 Å². The molecular formula is C7H12F2O3. The summed E-state index contributed by atoms with van der Waals surface area (Å²) in [6.07, 6.45) is -1.33. The van der Waals surface area contributed by atoms with Crippen molar-refractivity contribution < 1.29 is 23.8 Å². The molecule has 3 nitrogen and oxygen atoms in total. The lowest BCUT2D eigenvalue weighted by atomic mass is 11.2. The molecule has 5 heteroatoms. The molecule has 0 atom stereocenters. The summed E-state index contributed by atoms with van der Waals surface area (Å²) in [5.74, 6) is 0. The first-order valence-electron chi connectivity index (χ1n) is 2.40. The quantitative estimate of drug-likeness (QED) is 0.565. The molecule has 0 unspecified atom stereocenters. The summed E-state index contributed by atoms with van der Waals surface area (Å²) in [4.78, 5) is 8.56. The molecule has 0 saturated carbocycles. The molecule has 0 radical (unpaired) electrons. The Bertz CT molecular complexity index is 94.8. The van der Waals surface area contributed by atoms with E-state index in [0.29, 0.717) is 0 Å². The molecule has 0 spiro atoms. The van der Waals surface area contributed by atoms with Gasteiger partial charge < -0.3 is 10.2 Å². The summed E-state index contributed by atoms with van der Waals surface area (Å²) in [6.45, 7) is 11.4. The Morgan fingerprint density at radius 3 is 1.08 bits per heavy atom. The maximum absolute atomic E-state index is 10.1. The zero-order valence-electron chi connectivity index (χ0n) is 6.54. The van der Waals surface area contributed by atoms with Crippen molar-refractivity contribution in [1.82, 2.24) is 0 Å². The van der Waals surface area contributed by atoms with Crippen LogP contribution >= 0.6 is 0 Å². The van der Waals surface area contributed by atoms with Crippen molar-refractivity contribution in [3.63, 3.8) is 0 Å².